The van der Waals surface area contributed by atoms with Crippen LogP contribution in [0.3, 0.4) is 0 Å². The second-order valence-electron chi connectivity index (χ2n) is 4.94. The van der Waals surface area contributed by atoms with Crippen LogP contribution in [0.15, 0.2) is 42.5 Å². The summed E-state index contributed by atoms with van der Waals surface area (Å²) >= 11 is 5.97. The van der Waals surface area contributed by atoms with Crippen LogP contribution in [0.1, 0.15) is 27.9 Å². The molecule has 0 fully saturated rings. The number of rotatable bonds is 6. The number of benzene rings is 2. The fourth-order valence-electron chi connectivity index (χ4n) is 2.06. The number of hydrogen-bond acceptors (Lipinski definition) is 3. The van der Waals surface area contributed by atoms with Crippen molar-refractivity contribution in [2.45, 2.75) is 12.8 Å². The molecule has 0 saturated heterocycles. The van der Waals surface area contributed by atoms with E-state index in [-0.39, 0.29) is 10.6 Å². The van der Waals surface area contributed by atoms with Crippen molar-refractivity contribution in [3.05, 3.63) is 70.0 Å². The molecule has 0 radical (unpaired) electrons. The molecule has 0 aromatic heterocycles. The highest BCUT2D eigenvalue weighted by atomic mass is 35.5. The number of aliphatic carboxylic acids is 1. The summed E-state index contributed by atoms with van der Waals surface area (Å²) in [5.74, 6) is -3.78. The number of carbonyl (C=O) groups excluding carboxylic acids is 2. The molecular formula is C17H12ClFO4. The van der Waals surface area contributed by atoms with Crippen LogP contribution in [-0.4, -0.2) is 22.6 Å². The predicted molar refractivity (Wildman–Crippen MR) is 82.2 cm³/mol. The third kappa shape index (κ3) is 4.47. The van der Waals surface area contributed by atoms with Crippen molar-refractivity contribution in [3.63, 3.8) is 0 Å². The van der Waals surface area contributed by atoms with E-state index < -0.39 is 29.8 Å². The molecule has 0 heterocycles. The highest BCUT2D eigenvalue weighted by Gasteiger charge is 2.18. The second-order valence-corrected chi connectivity index (χ2v) is 5.35. The van der Waals surface area contributed by atoms with Crippen molar-refractivity contribution in [1.82, 2.24) is 0 Å². The van der Waals surface area contributed by atoms with Gasteiger partial charge in [0, 0.05) is 10.6 Å². The molecule has 6 heteroatoms. The minimum absolute atomic E-state index is 0.246. The molecule has 0 spiro atoms. The third-order valence-corrected chi connectivity index (χ3v) is 3.57. The van der Waals surface area contributed by atoms with Crippen molar-refractivity contribution in [1.29, 1.82) is 0 Å². The number of carbonyl (C=O) groups is 3. The van der Waals surface area contributed by atoms with Gasteiger partial charge in [-0.25, -0.2) is 9.18 Å². The standard InChI is InChI=1S/C17H12ClFO4/c18-14-8-13(19)5-4-11(14)6-10-2-1-3-12(7-10)15(20)9-16(21)17(22)23/h1-5,7-8H,6,9H2,(H,22,23). The van der Waals surface area contributed by atoms with Crippen LogP contribution in [0.2, 0.25) is 5.02 Å². The van der Waals surface area contributed by atoms with Gasteiger partial charge in [0.15, 0.2) is 5.78 Å². The molecule has 0 saturated carbocycles. The molecule has 0 aliphatic carbocycles. The van der Waals surface area contributed by atoms with E-state index in [1.807, 2.05) is 0 Å². The summed E-state index contributed by atoms with van der Waals surface area (Å²) in [5, 5.41) is 8.81. The molecule has 0 amide bonds. The van der Waals surface area contributed by atoms with E-state index in [2.05, 4.69) is 0 Å². The van der Waals surface area contributed by atoms with Gasteiger partial charge >= 0.3 is 5.97 Å². The number of carboxylic acid groups (broad SMARTS) is 1. The SMILES string of the molecule is O=C(O)C(=O)CC(=O)c1cccc(Cc2ccc(F)cc2Cl)c1. The first-order valence-electron chi connectivity index (χ1n) is 6.69. The molecule has 2 rings (SSSR count). The Morgan fingerprint density at radius 3 is 2.48 bits per heavy atom. The molecule has 4 nitrogen and oxygen atoms in total. The van der Waals surface area contributed by atoms with Crippen molar-refractivity contribution in [2.75, 3.05) is 0 Å². The average Bonchev–Trinajstić information content (AvgIpc) is 2.50. The number of halogens is 2. The molecule has 0 unspecified atom stereocenters. The fraction of sp³-hybridized carbons (Fsp3) is 0.118. The predicted octanol–water partition coefficient (Wildman–Crippen LogP) is 3.30. The molecule has 2 aromatic rings. The zero-order chi connectivity index (χ0) is 17.0. The lowest BCUT2D eigenvalue weighted by Crippen LogP contribution is -2.17. The topological polar surface area (TPSA) is 71.4 Å². The Balaban J connectivity index is 2.18. The Kier molecular flexibility index (Phi) is 5.24. The van der Waals surface area contributed by atoms with Crippen molar-refractivity contribution in [3.8, 4) is 0 Å². The summed E-state index contributed by atoms with van der Waals surface area (Å²) in [5.41, 5.74) is 1.68. The van der Waals surface area contributed by atoms with E-state index in [4.69, 9.17) is 16.7 Å². The molecule has 0 bridgehead atoms. The lowest BCUT2D eigenvalue weighted by molar-refractivity contribution is -0.148. The number of carboxylic acids is 1. The van der Waals surface area contributed by atoms with Gasteiger partial charge in [-0.05, 0) is 35.7 Å². The smallest absolute Gasteiger partial charge is 0.372 e. The van der Waals surface area contributed by atoms with Crippen LogP contribution in [0.5, 0.6) is 0 Å². The minimum Gasteiger partial charge on any atom is -0.475 e. The maximum atomic E-state index is 13.0. The van der Waals surface area contributed by atoms with Crippen LogP contribution in [0, 0.1) is 5.82 Å². The molecule has 0 aliphatic rings. The van der Waals surface area contributed by atoms with Gasteiger partial charge in [0.25, 0.3) is 0 Å². The quantitative estimate of drug-likeness (QED) is 0.500. The summed E-state index contributed by atoms with van der Waals surface area (Å²) in [4.78, 5) is 33.5. The Labute approximate surface area is 136 Å². The summed E-state index contributed by atoms with van der Waals surface area (Å²) in [6.45, 7) is 0. The maximum absolute atomic E-state index is 13.0. The Hall–Kier alpha value is -2.53. The summed E-state index contributed by atoms with van der Waals surface area (Å²) < 4.78 is 13.0. The van der Waals surface area contributed by atoms with Crippen LogP contribution < -0.4 is 0 Å². The average molecular weight is 335 g/mol. The van der Waals surface area contributed by atoms with Gasteiger partial charge in [0.1, 0.15) is 5.82 Å². The summed E-state index contributed by atoms with van der Waals surface area (Å²) in [7, 11) is 0. The fourth-order valence-corrected chi connectivity index (χ4v) is 2.30. The number of hydrogen-bond donors (Lipinski definition) is 1. The van der Waals surface area contributed by atoms with Crippen LogP contribution in [-0.2, 0) is 16.0 Å². The lowest BCUT2D eigenvalue weighted by Gasteiger charge is -2.06. The zero-order valence-corrected chi connectivity index (χ0v) is 12.6. The molecule has 118 valence electrons. The minimum atomic E-state index is -1.63. The Morgan fingerprint density at radius 2 is 1.83 bits per heavy atom. The first-order chi connectivity index (χ1) is 10.9. The van der Waals surface area contributed by atoms with E-state index in [1.54, 1.807) is 24.3 Å². The van der Waals surface area contributed by atoms with Crippen LogP contribution >= 0.6 is 11.6 Å². The first kappa shape index (κ1) is 16.8. The second kappa shape index (κ2) is 7.15. The van der Waals surface area contributed by atoms with Crippen LogP contribution in [0.4, 0.5) is 4.39 Å². The Bertz CT molecular complexity index is 786. The number of ketones is 2. The van der Waals surface area contributed by atoms with E-state index in [1.165, 1.54) is 18.2 Å². The molecule has 0 aliphatic heterocycles. The number of Topliss-reactive ketones (excluding diaryl/α,β-unsaturated/α-hetero) is 2. The van der Waals surface area contributed by atoms with Gasteiger partial charge in [-0.2, -0.15) is 0 Å². The van der Waals surface area contributed by atoms with Gasteiger partial charge in [0.05, 0.1) is 6.42 Å². The van der Waals surface area contributed by atoms with Crippen molar-refractivity contribution in [2.24, 2.45) is 0 Å². The zero-order valence-electron chi connectivity index (χ0n) is 11.9. The highest BCUT2D eigenvalue weighted by Crippen LogP contribution is 2.21. The van der Waals surface area contributed by atoms with Crippen LogP contribution in [0.25, 0.3) is 0 Å². The lowest BCUT2D eigenvalue weighted by atomic mass is 9.99. The van der Waals surface area contributed by atoms with E-state index in [0.717, 1.165) is 5.56 Å². The van der Waals surface area contributed by atoms with E-state index in [9.17, 15) is 18.8 Å². The van der Waals surface area contributed by atoms with Gasteiger partial charge in [0.2, 0.25) is 5.78 Å². The van der Waals surface area contributed by atoms with E-state index in [0.29, 0.717) is 12.0 Å². The molecular weight excluding hydrogens is 323 g/mol. The normalized spacial score (nSPS) is 10.3. The van der Waals surface area contributed by atoms with Crippen molar-refractivity contribution >= 4 is 29.1 Å². The van der Waals surface area contributed by atoms with E-state index >= 15 is 0 Å². The maximum Gasteiger partial charge on any atom is 0.372 e. The van der Waals surface area contributed by atoms with Gasteiger partial charge in [-0.15, -0.1) is 0 Å². The third-order valence-electron chi connectivity index (χ3n) is 3.22. The van der Waals surface area contributed by atoms with Gasteiger partial charge in [-0.1, -0.05) is 35.9 Å². The summed E-state index contributed by atoms with van der Waals surface area (Å²) in [6.07, 6.45) is -0.302. The molecule has 2 aromatic carbocycles. The monoisotopic (exact) mass is 334 g/mol. The van der Waals surface area contributed by atoms with Gasteiger partial charge < -0.3 is 5.11 Å². The molecule has 0 atom stereocenters. The summed E-state index contributed by atoms with van der Waals surface area (Å²) in [6, 6.07) is 10.5. The van der Waals surface area contributed by atoms with Crippen molar-refractivity contribution < 1.29 is 23.9 Å². The van der Waals surface area contributed by atoms with Gasteiger partial charge in [-0.3, -0.25) is 9.59 Å². The first-order valence-corrected chi connectivity index (χ1v) is 7.07. The largest absolute Gasteiger partial charge is 0.475 e. The Morgan fingerprint density at radius 1 is 1.09 bits per heavy atom. The molecule has 23 heavy (non-hydrogen) atoms. The molecule has 1 N–H and O–H groups in total. The highest BCUT2D eigenvalue weighted by molar-refractivity contribution is 6.37.